The summed E-state index contributed by atoms with van der Waals surface area (Å²) in [6, 6.07) is 1.92. The van der Waals surface area contributed by atoms with E-state index >= 15 is 0 Å². The number of nitrogens with two attached hydrogens (primary N) is 1. The van der Waals surface area contributed by atoms with Crippen molar-refractivity contribution in [2.75, 3.05) is 13.1 Å². The summed E-state index contributed by atoms with van der Waals surface area (Å²) in [6.07, 6.45) is -8.50. The van der Waals surface area contributed by atoms with Crippen molar-refractivity contribution in [1.82, 2.24) is 20.0 Å². The van der Waals surface area contributed by atoms with Crippen LogP contribution in [-0.2, 0) is 11.1 Å². The molecule has 2 aromatic rings. The first kappa shape index (κ1) is 24.5. The van der Waals surface area contributed by atoms with E-state index in [0.717, 1.165) is 29.3 Å². The fourth-order valence-corrected chi connectivity index (χ4v) is 4.04. The van der Waals surface area contributed by atoms with Gasteiger partial charge >= 0.3 is 18.7 Å². The standard InChI is InChI=1S/C18H16ClF6N5O3/c1-16(14(31)27-4-5-29(16)15(26)32)13(10-7-28-30(8-10)17(20,21)22)9-2-3-12(11(19)6-9)33-18(23,24)25/h2-3,6-8,13H,4-5H2,1H3,(H2,26,32)(H,27,31)/t13-,16?/m0/s1. The number of hydrogen-bond acceptors (Lipinski definition) is 4. The summed E-state index contributed by atoms with van der Waals surface area (Å²) in [5, 5.41) is 5.26. The lowest BCUT2D eigenvalue weighted by Crippen LogP contribution is -2.68. The number of primary amides is 1. The fourth-order valence-electron chi connectivity index (χ4n) is 3.81. The van der Waals surface area contributed by atoms with Gasteiger partial charge in [0.2, 0.25) is 5.91 Å². The number of piperazine rings is 1. The minimum atomic E-state index is -5.05. The Morgan fingerprint density at radius 1 is 1.27 bits per heavy atom. The number of amides is 3. The molecule has 1 unspecified atom stereocenters. The number of carbonyl (C=O) groups excluding carboxylic acids is 2. The molecule has 8 nitrogen and oxygen atoms in total. The van der Waals surface area contributed by atoms with E-state index in [1.807, 2.05) is 0 Å². The van der Waals surface area contributed by atoms with Crippen LogP contribution in [0.15, 0.2) is 30.6 Å². The molecular weight excluding hydrogens is 484 g/mol. The highest BCUT2D eigenvalue weighted by molar-refractivity contribution is 6.32. The van der Waals surface area contributed by atoms with Gasteiger partial charge in [-0.1, -0.05) is 17.7 Å². The Labute approximate surface area is 187 Å². The molecule has 180 valence electrons. The lowest BCUT2D eigenvalue weighted by Gasteiger charge is -2.47. The van der Waals surface area contributed by atoms with Crippen LogP contribution >= 0.6 is 11.6 Å². The van der Waals surface area contributed by atoms with Crippen LogP contribution in [0, 0.1) is 0 Å². The smallest absolute Gasteiger partial charge is 0.404 e. The molecule has 1 aromatic carbocycles. The molecule has 33 heavy (non-hydrogen) atoms. The number of benzene rings is 1. The van der Waals surface area contributed by atoms with Crippen LogP contribution in [0.25, 0.3) is 0 Å². The van der Waals surface area contributed by atoms with E-state index in [1.54, 1.807) is 0 Å². The first-order chi connectivity index (χ1) is 15.1. The average Bonchev–Trinajstić information content (AvgIpc) is 3.15. The Morgan fingerprint density at radius 2 is 1.94 bits per heavy atom. The Bertz CT molecular complexity index is 1070. The molecular formula is C18H16ClF6N5O3. The Balaban J connectivity index is 2.20. The molecule has 1 aliphatic heterocycles. The summed E-state index contributed by atoms with van der Waals surface area (Å²) in [5.41, 5.74) is 3.40. The second-order valence-corrected chi connectivity index (χ2v) is 7.66. The highest BCUT2D eigenvalue weighted by Crippen LogP contribution is 2.43. The molecule has 0 bridgehead atoms. The summed E-state index contributed by atoms with van der Waals surface area (Å²) in [5.74, 6) is -2.86. The predicted molar refractivity (Wildman–Crippen MR) is 101 cm³/mol. The van der Waals surface area contributed by atoms with Gasteiger partial charge in [-0.3, -0.25) is 4.79 Å². The summed E-state index contributed by atoms with van der Waals surface area (Å²) in [4.78, 5) is 26.0. The highest BCUT2D eigenvalue weighted by atomic mass is 35.5. The summed E-state index contributed by atoms with van der Waals surface area (Å²) in [6.45, 7) is 1.24. The van der Waals surface area contributed by atoms with Crippen molar-refractivity contribution in [1.29, 1.82) is 0 Å². The van der Waals surface area contributed by atoms with Crippen molar-refractivity contribution in [2.24, 2.45) is 5.73 Å². The van der Waals surface area contributed by atoms with Gasteiger partial charge in [0.25, 0.3) is 0 Å². The normalized spacial score (nSPS) is 20.4. The maximum absolute atomic E-state index is 13.2. The van der Waals surface area contributed by atoms with Crippen molar-refractivity contribution < 1.29 is 40.7 Å². The van der Waals surface area contributed by atoms with Crippen LogP contribution in [-0.4, -0.2) is 51.6 Å². The number of rotatable bonds is 4. The third-order valence-electron chi connectivity index (χ3n) is 5.18. The Morgan fingerprint density at radius 3 is 2.45 bits per heavy atom. The van der Waals surface area contributed by atoms with E-state index in [9.17, 15) is 35.9 Å². The molecule has 3 amide bonds. The van der Waals surface area contributed by atoms with Gasteiger partial charge in [0, 0.05) is 30.8 Å². The molecule has 0 radical (unpaired) electrons. The molecule has 2 atom stereocenters. The highest BCUT2D eigenvalue weighted by Gasteiger charge is 2.52. The van der Waals surface area contributed by atoms with Crippen molar-refractivity contribution in [2.45, 2.75) is 31.0 Å². The molecule has 0 spiro atoms. The lowest BCUT2D eigenvalue weighted by atomic mass is 9.74. The average molecular weight is 500 g/mol. The van der Waals surface area contributed by atoms with E-state index in [0.29, 0.717) is 6.20 Å². The van der Waals surface area contributed by atoms with Crippen molar-refractivity contribution in [3.05, 3.63) is 46.7 Å². The minimum absolute atomic E-state index is 0.0158. The molecule has 3 rings (SSSR count). The zero-order valence-corrected chi connectivity index (χ0v) is 17.4. The zero-order chi connectivity index (χ0) is 24.8. The molecule has 1 saturated heterocycles. The van der Waals surface area contributed by atoms with Crippen LogP contribution in [0.2, 0.25) is 5.02 Å². The van der Waals surface area contributed by atoms with Gasteiger partial charge in [-0.2, -0.15) is 9.78 Å². The summed E-state index contributed by atoms with van der Waals surface area (Å²) in [7, 11) is 0. The molecule has 2 heterocycles. The van der Waals surface area contributed by atoms with Gasteiger partial charge in [0.1, 0.15) is 11.3 Å². The molecule has 1 fully saturated rings. The molecule has 1 aromatic heterocycles. The molecule has 0 aliphatic carbocycles. The number of nitrogens with one attached hydrogen (secondary N) is 1. The summed E-state index contributed by atoms with van der Waals surface area (Å²) < 4.78 is 80.7. The zero-order valence-electron chi connectivity index (χ0n) is 16.7. The van der Waals surface area contributed by atoms with E-state index in [4.69, 9.17) is 17.3 Å². The molecule has 1 aliphatic rings. The van der Waals surface area contributed by atoms with Crippen molar-refractivity contribution in [3.63, 3.8) is 0 Å². The molecule has 15 heteroatoms. The first-order valence-electron chi connectivity index (χ1n) is 9.17. The molecule has 3 N–H and O–H groups in total. The van der Waals surface area contributed by atoms with Crippen LogP contribution in [0.5, 0.6) is 5.75 Å². The number of ether oxygens (including phenoxy) is 1. The van der Waals surface area contributed by atoms with Gasteiger partial charge in [-0.05, 0) is 24.6 Å². The largest absolute Gasteiger partial charge is 0.573 e. The number of carbonyl (C=O) groups is 2. The quantitative estimate of drug-likeness (QED) is 0.630. The predicted octanol–water partition coefficient (Wildman–Crippen LogP) is 3.31. The van der Waals surface area contributed by atoms with Crippen molar-refractivity contribution >= 4 is 23.5 Å². The van der Waals surface area contributed by atoms with Gasteiger partial charge in [0.15, 0.2) is 0 Å². The van der Waals surface area contributed by atoms with E-state index in [1.165, 1.54) is 6.92 Å². The maximum Gasteiger partial charge on any atom is 0.573 e. The van der Waals surface area contributed by atoms with Gasteiger partial charge in [-0.15, -0.1) is 26.3 Å². The summed E-state index contributed by atoms with van der Waals surface area (Å²) >= 11 is 5.93. The topological polar surface area (TPSA) is 102 Å². The van der Waals surface area contributed by atoms with E-state index < -0.39 is 46.8 Å². The monoisotopic (exact) mass is 499 g/mol. The second kappa shape index (κ2) is 8.32. The third-order valence-corrected chi connectivity index (χ3v) is 5.48. The number of aromatic nitrogens is 2. The number of urea groups is 1. The first-order valence-corrected chi connectivity index (χ1v) is 9.54. The second-order valence-electron chi connectivity index (χ2n) is 7.25. The maximum atomic E-state index is 13.2. The number of hydrogen-bond donors (Lipinski definition) is 2. The van der Waals surface area contributed by atoms with E-state index in [2.05, 4.69) is 15.2 Å². The molecule has 0 saturated carbocycles. The van der Waals surface area contributed by atoms with Crippen LogP contribution in [0.1, 0.15) is 24.0 Å². The number of halogens is 7. The van der Waals surface area contributed by atoms with Gasteiger partial charge in [0.05, 0.1) is 11.2 Å². The Kier molecular flexibility index (Phi) is 6.17. The van der Waals surface area contributed by atoms with E-state index in [-0.39, 0.29) is 28.9 Å². The number of alkyl halides is 6. The lowest BCUT2D eigenvalue weighted by molar-refractivity contribution is -0.274. The van der Waals surface area contributed by atoms with Crippen LogP contribution in [0.3, 0.4) is 0 Å². The third kappa shape index (κ3) is 4.79. The van der Waals surface area contributed by atoms with Crippen LogP contribution in [0.4, 0.5) is 31.1 Å². The SMILES string of the molecule is CC1([C@@H](c2ccc(OC(F)(F)F)c(Cl)c2)c2cnn(C(F)(F)F)c2)C(=O)NCCN1C(N)=O. The van der Waals surface area contributed by atoms with Gasteiger partial charge < -0.3 is 20.7 Å². The Hall–Kier alpha value is -3.16. The fraction of sp³-hybridized carbons (Fsp3) is 0.389. The van der Waals surface area contributed by atoms with Gasteiger partial charge in [-0.25, -0.2) is 4.79 Å². The van der Waals surface area contributed by atoms with Crippen LogP contribution < -0.4 is 15.8 Å². The minimum Gasteiger partial charge on any atom is -0.404 e. The van der Waals surface area contributed by atoms with Crippen molar-refractivity contribution in [3.8, 4) is 5.75 Å². The number of nitrogens with zero attached hydrogens (tertiary/aromatic N) is 3.